The van der Waals surface area contributed by atoms with Crippen molar-refractivity contribution in [1.82, 2.24) is 5.32 Å². The maximum Gasteiger partial charge on any atom is 0.339 e. The molecule has 0 bridgehead atoms. The normalized spacial score (nSPS) is 9.94. The Bertz CT molecular complexity index is 451. The summed E-state index contributed by atoms with van der Waals surface area (Å²) < 4.78 is 6.81. The van der Waals surface area contributed by atoms with Crippen LogP contribution in [0.1, 0.15) is 23.7 Å². The Balaban J connectivity index is 2.41. The van der Waals surface area contributed by atoms with E-state index in [4.69, 9.17) is 4.74 Å². The van der Waals surface area contributed by atoms with Gasteiger partial charge in [-0.2, -0.15) is 0 Å². The molecule has 1 N–H and O–H groups in total. The summed E-state index contributed by atoms with van der Waals surface area (Å²) >= 11 is 5.45. The highest BCUT2D eigenvalue weighted by Gasteiger charge is 2.11. The van der Waals surface area contributed by atoms with Crippen LogP contribution in [0.4, 0.5) is 0 Å². The quantitative estimate of drug-likeness (QED) is 0.448. The Morgan fingerprint density at radius 3 is 2.83 bits per heavy atom. The van der Waals surface area contributed by atoms with E-state index in [2.05, 4.69) is 43.8 Å². The highest BCUT2D eigenvalue weighted by Crippen LogP contribution is 2.20. The van der Waals surface area contributed by atoms with Crippen molar-refractivity contribution in [2.45, 2.75) is 13.3 Å². The monoisotopic (exact) mass is 425 g/mol. The molecule has 0 fully saturated rings. The van der Waals surface area contributed by atoms with E-state index in [1.54, 1.807) is 6.07 Å². The molecule has 1 aromatic rings. The summed E-state index contributed by atoms with van der Waals surface area (Å²) in [6, 6.07) is 5.48. The predicted octanol–water partition coefficient (Wildman–Crippen LogP) is 2.74. The number of halogens is 2. The van der Waals surface area contributed by atoms with Crippen LogP contribution in [0.3, 0.4) is 0 Å². The lowest BCUT2D eigenvalue weighted by molar-refractivity contribution is -0.118. The van der Waals surface area contributed by atoms with Gasteiger partial charge in [0.1, 0.15) is 0 Å². The number of hydrogen-bond acceptors (Lipinski definition) is 3. The first-order valence-electron chi connectivity index (χ1n) is 5.37. The van der Waals surface area contributed by atoms with Crippen molar-refractivity contribution < 1.29 is 14.3 Å². The van der Waals surface area contributed by atoms with Crippen LogP contribution in [-0.2, 0) is 9.53 Å². The van der Waals surface area contributed by atoms with Gasteiger partial charge in [0.2, 0.25) is 5.91 Å². The van der Waals surface area contributed by atoms with E-state index in [-0.39, 0.29) is 18.5 Å². The second-order valence-corrected chi connectivity index (χ2v) is 5.70. The van der Waals surface area contributed by atoms with Gasteiger partial charge in [-0.05, 0) is 63.1 Å². The third-order valence-electron chi connectivity index (χ3n) is 2.08. The lowest BCUT2D eigenvalue weighted by Gasteiger charge is -2.07. The Kier molecular flexibility index (Phi) is 6.62. The zero-order valence-electron chi connectivity index (χ0n) is 9.83. The second kappa shape index (κ2) is 7.73. The predicted molar refractivity (Wildman–Crippen MR) is 80.4 cm³/mol. The number of carbonyl (C=O) groups is 2. The van der Waals surface area contributed by atoms with Gasteiger partial charge >= 0.3 is 5.97 Å². The summed E-state index contributed by atoms with van der Waals surface area (Å²) in [5.74, 6) is -0.440. The van der Waals surface area contributed by atoms with Crippen LogP contribution in [0.2, 0.25) is 0 Å². The molecule has 6 heteroatoms. The van der Waals surface area contributed by atoms with Gasteiger partial charge in [-0.25, -0.2) is 4.79 Å². The van der Waals surface area contributed by atoms with E-state index in [9.17, 15) is 9.59 Å². The fourth-order valence-electron chi connectivity index (χ4n) is 1.23. The van der Waals surface area contributed by atoms with Crippen LogP contribution in [-0.4, -0.2) is 25.0 Å². The molecule has 0 aliphatic heterocycles. The van der Waals surface area contributed by atoms with Gasteiger partial charge in [0.05, 0.1) is 12.2 Å². The van der Waals surface area contributed by atoms with E-state index in [1.165, 1.54) is 6.92 Å². The maximum atomic E-state index is 11.8. The topological polar surface area (TPSA) is 55.4 Å². The van der Waals surface area contributed by atoms with Gasteiger partial charge in [0.25, 0.3) is 0 Å². The van der Waals surface area contributed by atoms with Crippen LogP contribution >= 0.6 is 38.5 Å². The summed E-state index contributed by atoms with van der Waals surface area (Å²) in [5.41, 5.74) is 0.515. The van der Waals surface area contributed by atoms with Gasteiger partial charge in [-0.15, -0.1) is 0 Å². The summed E-state index contributed by atoms with van der Waals surface area (Å²) in [5, 5.41) is 2.64. The Hall–Kier alpha value is -0.630. The van der Waals surface area contributed by atoms with E-state index in [0.29, 0.717) is 18.5 Å². The number of rotatable bonds is 5. The molecule has 0 atom stereocenters. The molecule has 0 aromatic heterocycles. The number of carbonyl (C=O) groups excluding carboxylic acids is 2. The molecule has 4 nitrogen and oxygen atoms in total. The number of amides is 1. The van der Waals surface area contributed by atoms with Gasteiger partial charge < -0.3 is 10.1 Å². The molecule has 0 saturated carbocycles. The van der Waals surface area contributed by atoms with Crippen LogP contribution in [0, 0.1) is 3.57 Å². The first-order valence-corrected chi connectivity index (χ1v) is 7.24. The zero-order chi connectivity index (χ0) is 13.5. The largest absolute Gasteiger partial charge is 0.462 e. The molecular formula is C12H13BrINO3. The van der Waals surface area contributed by atoms with Crippen molar-refractivity contribution in [3.05, 3.63) is 31.8 Å². The Morgan fingerprint density at radius 2 is 2.17 bits per heavy atom. The molecular weight excluding hydrogens is 413 g/mol. The number of nitrogens with one attached hydrogen (secondary N) is 1. The second-order valence-electron chi connectivity index (χ2n) is 3.60. The SMILES string of the molecule is CC(=O)NCCCOC(=O)c1cc(I)ccc1Br. The molecule has 1 rings (SSSR count). The number of ether oxygens (including phenoxy) is 1. The standard InChI is InChI=1S/C12H13BrINO3/c1-8(16)15-5-2-6-18-12(17)10-7-9(14)3-4-11(10)13/h3-4,7H,2,5-6H2,1H3,(H,15,16). The maximum absolute atomic E-state index is 11.8. The highest BCUT2D eigenvalue weighted by molar-refractivity contribution is 14.1. The molecule has 18 heavy (non-hydrogen) atoms. The summed E-state index contributed by atoms with van der Waals surface area (Å²) in [6.07, 6.45) is 0.604. The number of benzene rings is 1. The van der Waals surface area contributed by atoms with Crippen molar-refractivity contribution >= 4 is 50.4 Å². The van der Waals surface area contributed by atoms with Gasteiger partial charge in [0, 0.05) is 21.5 Å². The van der Waals surface area contributed by atoms with E-state index in [1.807, 2.05) is 12.1 Å². The van der Waals surface area contributed by atoms with Crippen molar-refractivity contribution in [2.24, 2.45) is 0 Å². The molecule has 0 radical (unpaired) electrons. The van der Waals surface area contributed by atoms with Gasteiger partial charge in [-0.3, -0.25) is 4.79 Å². The zero-order valence-corrected chi connectivity index (χ0v) is 13.6. The molecule has 0 unspecified atom stereocenters. The molecule has 98 valence electrons. The molecule has 0 spiro atoms. The molecule has 0 heterocycles. The summed E-state index contributed by atoms with van der Waals surface area (Å²) in [7, 11) is 0. The van der Waals surface area contributed by atoms with E-state index in [0.717, 1.165) is 8.04 Å². The Labute approximate surface area is 128 Å². The average molecular weight is 426 g/mol. The smallest absolute Gasteiger partial charge is 0.339 e. The lowest BCUT2D eigenvalue weighted by Crippen LogP contribution is -2.22. The highest BCUT2D eigenvalue weighted by atomic mass is 127. The van der Waals surface area contributed by atoms with Crippen molar-refractivity contribution in [2.75, 3.05) is 13.2 Å². The first-order chi connectivity index (χ1) is 8.50. The van der Waals surface area contributed by atoms with Crippen LogP contribution in [0.25, 0.3) is 0 Å². The van der Waals surface area contributed by atoms with E-state index < -0.39 is 0 Å². The van der Waals surface area contributed by atoms with Crippen LogP contribution < -0.4 is 5.32 Å². The van der Waals surface area contributed by atoms with Gasteiger partial charge in [-0.1, -0.05) is 0 Å². The molecule has 0 aliphatic rings. The number of esters is 1. The molecule has 1 amide bonds. The van der Waals surface area contributed by atoms with Crippen molar-refractivity contribution in [3.63, 3.8) is 0 Å². The first kappa shape index (κ1) is 15.4. The van der Waals surface area contributed by atoms with Crippen molar-refractivity contribution in [3.8, 4) is 0 Å². The number of hydrogen-bond donors (Lipinski definition) is 1. The van der Waals surface area contributed by atoms with Crippen LogP contribution in [0.15, 0.2) is 22.7 Å². The molecule has 0 aliphatic carbocycles. The minimum absolute atomic E-state index is 0.0818. The van der Waals surface area contributed by atoms with Crippen molar-refractivity contribution in [1.29, 1.82) is 0 Å². The average Bonchev–Trinajstić information content (AvgIpc) is 2.31. The summed E-state index contributed by atoms with van der Waals surface area (Å²) in [4.78, 5) is 22.4. The summed E-state index contributed by atoms with van der Waals surface area (Å²) in [6.45, 7) is 2.25. The van der Waals surface area contributed by atoms with Gasteiger partial charge in [0.15, 0.2) is 0 Å². The minimum atomic E-state index is -0.358. The fraction of sp³-hybridized carbons (Fsp3) is 0.333. The third kappa shape index (κ3) is 5.34. The van der Waals surface area contributed by atoms with Crippen LogP contribution in [0.5, 0.6) is 0 Å². The lowest BCUT2D eigenvalue weighted by atomic mass is 10.2. The Morgan fingerprint density at radius 1 is 1.44 bits per heavy atom. The third-order valence-corrected chi connectivity index (χ3v) is 3.44. The minimum Gasteiger partial charge on any atom is -0.462 e. The molecule has 0 saturated heterocycles. The van der Waals surface area contributed by atoms with E-state index >= 15 is 0 Å². The fourth-order valence-corrected chi connectivity index (χ4v) is 2.13. The molecule has 1 aromatic carbocycles.